The van der Waals surface area contributed by atoms with Crippen LogP contribution in [0.4, 0.5) is 11.6 Å². The van der Waals surface area contributed by atoms with E-state index in [4.69, 9.17) is 10.5 Å². The number of nitrogen functional groups attached to an aromatic ring is 1. The molecule has 0 aliphatic heterocycles. The van der Waals surface area contributed by atoms with E-state index in [1.165, 1.54) is 6.07 Å². The minimum atomic E-state index is -0.484. The van der Waals surface area contributed by atoms with Crippen molar-refractivity contribution < 1.29 is 9.66 Å². The standard InChI is InChI=1S/C12H12N4O3/c1-7-4-3-5-9(11(7)16(17)18)19-10-6-8(2)14-12(13)15-10/h3-6H,1-2H3,(H2,13,14,15). The molecule has 7 heteroatoms. The molecule has 7 nitrogen and oxygen atoms in total. The van der Waals surface area contributed by atoms with Gasteiger partial charge in [-0.05, 0) is 19.9 Å². The van der Waals surface area contributed by atoms with Crippen LogP contribution in [0.3, 0.4) is 0 Å². The van der Waals surface area contributed by atoms with Crippen LogP contribution in [0.2, 0.25) is 0 Å². The number of ether oxygens (including phenoxy) is 1. The molecule has 2 aromatic rings. The average molecular weight is 260 g/mol. The number of rotatable bonds is 3. The Morgan fingerprint density at radius 2 is 2.05 bits per heavy atom. The predicted octanol–water partition coefficient (Wildman–Crippen LogP) is 2.38. The quantitative estimate of drug-likeness (QED) is 0.671. The molecule has 0 aliphatic rings. The molecule has 0 unspecified atom stereocenters. The van der Waals surface area contributed by atoms with Crippen molar-refractivity contribution in [3.8, 4) is 11.6 Å². The maximum Gasteiger partial charge on any atom is 0.314 e. The van der Waals surface area contributed by atoms with Gasteiger partial charge in [-0.25, -0.2) is 4.98 Å². The molecule has 2 N–H and O–H groups in total. The molecular formula is C12H12N4O3. The number of hydrogen-bond donors (Lipinski definition) is 1. The molecule has 0 spiro atoms. The number of nitrogens with zero attached hydrogens (tertiary/aromatic N) is 3. The number of para-hydroxylation sites is 1. The highest BCUT2D eigenvalue weighted by atomic mass is 16.6. The van der Waals surface area contributed by atoms with Gasteiger partial charge in [0.25, 0.3) is 0 Å². The average Bonchev–Trinajstić information content (AvgIpc) is 2.26. The Kier molecular flexibility index (Phi) is 3.28. The first-order chi connectivity index (χ1) is 8.97. The molecule has 1 heterocycles. The van der Waals surface area contributed by atoms with Crippen LogP contribution in [-0.2, 0) is 0 Å². The van der Waals surface area contributed by atoms with Gasteiger partial charge in [-0.3, -0.25) is 10.1 Å². The van der Waals surface area contributed by atoms with Gasteiger partial charge in [0.15, 0.2) is 0 Å². The van der Waals surface area contributed by atoms with Crippen molar-refractivity contribution in [3.63, 3.8) is 0 Å². The van der Waals surface area contributed by atoms with Gasteiger partial charge in [0, 0.05) is 17.3 Å². The van der Waals surface area contributed by atoms with E-state index in [0.717, 1.165) is 0 Å². The van der Waals surface area contributed by atoms with E-state index in [1.54, 1.807) is 32.0 Å². The zero-order chi connectivity index (χ0) is 14.0. The van der Waals surface area contributed by atoms with Crippen molar-refractivity contribution >= 4 is 11.6 Å². The highest BCUT2D eigenvalue weighted by Crippen LogP contribution is 2.33. The molecule has 98 valence electrons. The number of hydrogen-bond acceptors (Lipinski definition) is 6. The summed E-state index contributed by atoms with van der Waals surface area (Å²) in [6, 6.07) is 6.39. The van der Waals surface area contributed by atoms with Crippen LogP contribution in [0.15, 0.2) is 24.3 Å². The van der Waals surface area contributed by atoms with Crippen molar-refractivity contribution in [2.45, 2.75) is 13.8 Å². The number of benzene rings is 1. The van der Waals surface area contributed by atoms with E-state index in [2.05, 4.69) is 9.97 Å². The first-order valence-electron chi connectivity index (χ1n) is 5.50. The van der Waals surface area contributed by atoms with E-state index in [1.807, 2.05) is 0 Å². The SMILES string of the molecule is Cc1cc(Oc2cccc(C)c2[N+](=O)[O-])nc(N)n1. The summed E-state index contributed by atoms with van der Waals surface area (Å²) in [4.78, 5) is 18.3. The Balaban J connectivity index is 2.43. The molecule has 1 aromatic carbocycles. The number of anilines is 1. The zero-order valence-corrected chi connectivity index (χ0v) is 10.5. The Hall–Kier alpha value is -2.70. The summed E-state index contributed by atoms with van der Waals surface area (Å²) >= 11 is 0. The fraction of sp³-hybridized carbons (Fsp3) is 0.167. The van der Waals surface area contributed by atoms with E-state index in [0.29, 0.717) is 11.3 Å². The Morgan fingerprint density at radius 3 is 2.68 bits per heavy atom. The van der Waals surface area contributed by atoms with E-state index < -0.39 is 4.92 Å². The van der Waals surface area contributed by atoms with Crippen molar-refractivity contribution in [1.82, 2.24) is 9.97 Å². The van der Waals surface area contributed by atoms with Gasteiger partial charge in [-0.2, -0.15) is 4.98 Å². The van der Waals surface area contributed by atoms with Crippen molar-refractivity contribution in [2.75, 3.05) is 5.73 Å². The summed E-state index contributed by atoms with van der Waals surface area (Å²) in [6.45, 7) is 3.38. The smallest absolute Gasteiger partial charge is 0.314 e. The first-order valence-corrected chi connectivity index (χ1v) is 5.50. The molecule has 0 fully saturated rings. The lowest BCUT2D eigenvalue weighted by Crippen LogP contribution is -2.00. The normalized spacial score (nSPS) is 10.2. The lowest BCUT2D eigenvalue weighted by atomic mass is 10.2. The summed E-state index contributed by atoms with van der Waals surface area (Å²) in [5.41, 5.74) is 6.56. The van der Waals surface area contributed by atoms with Crippen molar-refractivity contribution in [1.29, 1.82) is 0 Å². The van der Waals surface area contributed by atoms with Crippen LogP contribution in [0.1, 0.15) is 11.3 Å². The summed E-state index contributed by atoms with van der Waals surface area (Å²) in [6.07, 6.45) is 0. The maximum atomic E-state index is 11.0. The van der Waals surface area contributed by atoms with Crippen LogP contribution < -0.4 is 10.5 Å². The summed E-state index contributed by atoms with van der Waals surface area (Å²) in [7, 11) is 0. The lowest BCUT2D eigenvalue weighted by Gasteiger charge is -2.07. The maximum absolute atomic E-state index is 11.0. The molecule has 0 bridgehead atoms. The topological polar surface area (TPSA) is 104 Å². The monoisotopic (exact) mass is 260 g/mol. The fourth-order valence-corrected chi connectivity index (χ4v) is 1.68. The van der Waals surface area contributed by atoms with E-state index in [-0.39, 0.29) is 23.3 Å². The zero-order valence-electron chi connectivity index (χ0n) is 10.5. The summed E-state index contributed by atoms with van der Waals surface area (Å²) in [5, 5.41) is 11.0. The summed E-state index contributed by atoms with van der Waals surface area (Å²) in [5.74, 6) is 0.367. The molecule has 19 heavy (non-hydrogen) atoms. The minimum Gasteiger partial charge on any atom is -0.432 e. The van der Waals surface area contributed by atoms with Crippen LogP contribution >= 0.6 is 0 Å². The van der Waals surface area contributed by atoms with Gasteiger partial charge >= 0.3 is 5.69 Å². The van der Waals surface area contributed by atoms with Gasteiger partial charge in [0.2, 0.25) is 17.6 Å². The molecule has 1 aromatic heterocycles. The highest BCUT2D eigenvalue weighted by Gasteiger charge is 2.19. The van der Waals surface area contributed by atoms with Gasteiger partial charge in [0.1, 0.15) is 0 Å². The third-order valence-electron chi connectivity index (χ3n) is 2.45. The molecule has 0 atom stereocenters. The second kappa shape index (κ2) is 4.89. The number of nitro groups is 1. The number of nitro benzene ring substituents is 1. The lowest BCUT2D eigenvalue weighted by molar-refractivity contribution is -0.386. The molecular weight excluding hydrogens is 248 g/mol. The van der Waals surface area contributed by atoms with Crippen LogP contribution in [0, 0.1) is 24.0 Å². The van der Waals surface area contributed by atoms with Crippen LogP contribution in [0.25, 0.3) is 0 Å². The second-order valence-electron chi connectivity index (χ2n) is 3.99. The van der Waals surface area contributed by atoms with Gasteiger partial charge in [0.05, 0.1) is 4.92 Å². The molecule has 0 saturated carbocycles. The van der Waals surface area contributed by atoms with Crippen LogP contribution in [-0.4, -0.2) is 14.9 Å². The minimum absolute atomic E-state index is 0.0605. The Labute approximate surface area is 109 Å². The second-order valence-corrected chi connectivity index (χ2v) is 3.99. The molecule has 2 rings (SSSR count). The molecule has 0 saturated heterocycles. The first kappa shape index (κ1) is 12.7. The largest absolute Gasteiger partial charge is 0.432 e. The molecule has 0 amide bonds. The third kappa shape index (κ3) is 2.76. The molecule has 0 radical (unpaired) electrons. The Morgan fingerprint density at radius 1 is 1.32 bits per heavy atom. The Bertz CT molecular complexity index is 623. The number of nitrogens with two attached hydrogens (primary N) is 1. The predicted molar refractivity (Wildman–Crippen MR) is 69.1 cm³/mol. The number of aromatic nitrogens is 2. The van der Waals surface area contributed by atoms with Gasteiger partial charge in [-0.15, -0.1) is 0 Å². The van der Waals surface area contributed by atoms with E-state index in [9.17, 15) is 10.1 Å². The fourth-order valence-electron chi connectivity index (χ4n) is 1.68. The highest BCUT2D eigenvalue weighted by molar-refractivity contribution is 5.53. The van der Waals surface area contributed by atoms with Crippen LogP contribution in [0.5, 0.6) is 11.6 Å². The van der Waals surface area contributed by atoms with E-state index >= 15 is 0 Å². The number of aryl methyl sites for hydroxylation is 2. The van der Waals surface area contributed by atoms with Crippen molar-refractivity contribution in [3.05, 3.63) is 45.6 Å². The summed E-state index contributed by atoms with van der Waals surface area (Å²) < 4.78 is 5.44. The van der Waals surface area contributed by atoms with Gasteiger partial charge < -0.3 is 10.5 Å². The van der Waals surface area contributed by atoms with Crippen molar-refractivity contribution in [2.24, 2.45) is 0 Å². The third-order valence-corrected chi connectivity index (χ3v) is 2.45. The molecule has 0 aliphatic carbocycles. The van der Waals surface area contributed by atoms with Gasteiger partial charge in [-0.1, -0.05) is 12.1 Å².